The van der Waals surface area contributed by atoms with Crippen LogP contribution in [0.2, 0.25) is 0 Å². The van der Waals surface area contributed by atoms with Crippen molar-refractivity contribution in [3.63, 3.8) is 0 Å². The average Bonchev–Trinajstić information content (AvgIpc) is 3.02. The summed E-state index contributed by atoms with van der Waals surface area (Å²) < 4.78 is 18.7. The molecule has 5 nitrogen and oxygen atoms in total. The molecule has 3 amide bonds. The Morgan fingerprint density at radius 3 is 2.90 bits per heavy atom. The van der Waals surface area contributed by atoms with Gasteiger partial charge in [0.2, 0.25) is 0 Å². The summed E-state index contributed by atoms with van der Waals surface area (Å²) in [4.78, 5) is 25.4. The first-order valence-electron chi connectivity index (χ1n) is 6.72. The lowest BCUT2D eigenvalue weighted by Gasteiger charge is -2.19. The van der Waals surface area contributed by atoms with E-state index in [-0.39, 0.29) is 30.8 Å². The molecular weight excluding hydrogens is 295 g/mol. The molecule has 0 radical (unpaired) electrons. The van der Waals surface area contributed by atoms with Gasteiger partial charge in [-0.25, -0.2) is 9.18 Å². The lowest BCUT2D eigenvalue weighted by Crippen LogP contribution is -2.47. The van der Waals surface area contributed by atoms with Gasteiger partial charge in [0.1, 0.15) is 12.1 Å². The quantitative estimate of drug-likeness (QED) is 0.859. The number of urea groups is 1. The molecule has 2 heterocycles. The van der Waals surface area contributed by atoms with E-state index in [9.17, 15) is 14.0 Å². The van der Waals surface area contributed by atoms with Crippen LogP contribution in [0.3, 0.4) is 0 Å². The van der Waals surface area contributed by atoms with E-state index in [0.29, 0.717) is 12.2 Å². The van der Waals surface area contributed by atoms with Gasteiger partial charge in [-0.15, -0.1) is 0 Å². The van der Waals surface area contributed by atoms with Gasteiger partial charge < -0.3 is 10.1 Å². The van der Waals surface area contributed by atoms with Gasteiger partial charge in [0.25, 0.3) is 5.91 Å². The van der Waals surface area contributed by atoms with Crippen LogP contribution in [0.1, 0.15) is 6.42 Å². The van der Waals surface area contributed by atoms with Gasteiger partial charge in [-0.2, -0.15) is 11.8 Å². The van der Waals surface area contributed by atoms with E-state index in [4.69, 9.17) is 4.74 Å². The van der Waals surface area contributed by atoms with Crippen LogP contribution in [0, 0.1) is 5.82 Å². The largest absolute Gasteiger partial charge is 0.489 e. The maximum absolute atomic E-state index is 13.4. The van der Waals surface area contributed by atoms with Crippen molar-refractivity contribution < 1.29 is 18.7 Å². The van der Waals surface area contributed by atoms with E-state index < -0.39 is 11.4 Å². The molecule has 1 N–H and O–H groups in total. The predicted molar refractivity (Wildman–Crippen MR) is 76.8 cm³/mol. The van der Waals surface area contributed by atoms with Crippen molar-refractivity contribution in [2.45, 2.75) is 12.0 Å². The molecule has 1 atom stereocenters. The Morgan fingerprint density at radius 2 is 2.19 bits per heavy atom. The summed E-state index contributed by atoms with van der Waals surface area (Å²) in [5.74, 6) is 0.942. The minimum Gasteiger partial charge on any atom is -0.489 e. The first kappa shape index (κ1) is 14.2. The third-order valence-electron chi connectivity index (χ3n) is 3.68. The molecule has 0 aliphatic carbocycles. The van der Waals surface area contributed by atoms with E-state index in [0.717, 1.165) is 10.7 Å². The van der Waals surface area contributed by atoms with Crippen molar-refractivity contribution in [1.82, 2.24) is 10.2 Å². The first-order chi connectivity index (χ1) is 10.1. The number of benzene rings is 1. The number of thioether (sulfide) groups is 1. The van der Waals surface area contributed by atoms with Gasteiger partial charge in [0.05, 0.1) is 6.54 Å². The molecule has 1 spiro atoms. The fraction of sp³-hybridized carbons (Fsp3) is 0.429. The Hall–Kier alpha value is -1.76. The zero-order valence-electron chi connectivity index (χ0n) is 11.3. The molecule has 112 valence electrons. The number of imide groups is 1. The van der Waals surface area contributed by atoms with Crippen molar-refractivity contribution in [1.29, 1.82) is 0 Å². The number of para-hydroxylation sites is 1. The summed E-state index contributed by atoms with van der Waals surface area (Å²) in [6.07, 6.45) is 0.660. The monoisotopic (exact) mass is 310 g/mol. The standard InChI is InChI=1S/C14H15FN2O3S/c15-10-3-1-2-4-11(10)20-7-6-17-12(18)14(16-13(17)19)5-8-21-9-14/h1-4H,5-9H2,(H,16,19). The smallest absolute Gasteiger partial charge is 0.325 e. The number of nitrogens with one attached hydrogen (secondary N) is 1. The molecular formula is C14H15FN2O3S. The van der Waals surface area contributed by atoms with Crippen molar-refractivity contribution >= 4 is 23.7 Å². The SMILES string of the molecule is O=C1NC2(CCSC2)C(=O)N1CCOc1ccccc1F. The lowest BCUT2D eigenvalue weighted by molar-refractivity contribution is -0.130. The maximum Gasteiger partial charge on any atom is 0.325 e. The summed E-state index contributed by atoms with van der Waals surface area (Å²) in [6, 6.07) is 5.65. The molecule has 1 aromatic carbocycles. The highest BCUT2D eigenvalue weighted by Crippen LogP contribution is 2.33. The second kappa shape index (κ2) is 5.55. The summed E-state index contributed by atoms with van der Waals surface area (Å²) >= 11 is 1.66. The maximum atomic E-state index is 13.4. The Morgan fingerprint density at radius 1 is 1.38 bits per heavy atom. The number of amides is 3. The molecule has 2 fully saturated rings. The third kappa shape index (κ3) is 2.57. The summed E-state index contributed by atoms with van der Waals surface area (Å²) in [5, 5.41) is 2.78. The number of nitrogens with zero attached hydrogens (tertiary/aromatic N) is 1. The fourth-order valence-electron chi connectivity index (χ4n) is 2.52. The molecule has 21 heavy (non-hydrogen) atoms. The molecule has 2 aliphatic rings. The van der Waals surface area contributed by atoms with Crippen molar-refractivity contribution in [3.05, 3.63) is 30.1 Å². The number of ether oxygens (including phenoxy) is 1. The number of halogens is 1. The second-order valence-corrected chi connectivity index (χ2v) is 6.16. The topological polar surface area (TPSA) is 58.6 Å². The van der Waals surface area contributed by atoms with Crippen molar-refractivity contribution in [2.75, 3.05) is 24.7 Å². The van der Waals surface area contributed by atoms with Crippen LogP contribution in [0.25, 0.3) is 0 Å². The van der Waals surface area contributed by atoms with E-state index in [1.165, 1.54) is 12.1 Å². The van der Waals surface area contributed by atoms with Gasteiger partial charge >= 0.3 is 6.03 Å². The second-order valence-electron chi connectivity index (χ2n) is 5.05. The van der Waals surface area contributed by atoms with Gasteiger partial charge in [-0.05, 0) is 24.3 Å². The number of rotatable bonds is 4. The summed E-state index contributed by atoms with van der Waals surface area (Å²) in [5.41, 5.74) is -0.736. The van der Waals surface area contributed by atoms with Crippen LogP contribution < -0.4 is 10.1 Å². The van der Waals surface area contributed by atoms with Gasteiger partial charge in [0, 0.05) is 5.75 Å². The zero-order valence-corrected chi connectivity index (χ0v) is 12.1. The van der Waals surface area contributed by atoms with Crippen LogP contribution in [-0.4, -0.2) is 47.0 Å². The van der Waals surface area contributed by atoms with E-state index in [1.807, 2.05) is 0 Å². The molecule has 0 saturated carbocycles. The van der Waals surface area contributed by atoms with E-state index in [2.05, 4.69) is 5.32 Å². The number of hydrogen-bond acceptors (Lipinski definition) is 4. The van der Waals surface area contributed by atoms with Gasteiger partial charge in [-0.1, -0.05) is 12.1 Å². The predicted octanol–water partition coefficient (Wildman–Crippen LogP) is 1.63. The van der Waals surface area contributed by atoms with Crippen LogP contribution in [0.5, 0.6) is 5.75 Å². The van der Waals surface area contributed by atoms with Crippen LogP contribution in [0.4, 0.5) is 9.18 Å². The molecule has 2 saturated heterocycles. The molecule has 3 rings (SSSR count). The van der Waals surface area contributed by atoms with Crippen LogP contribution in [-0.2, 0) is 4.79 Å². The summed E-state index contributed by atoms with van der Waals surface area (Å²) in [6.45, 7) is 0.189. The van der Waals surface area contributed by atoms with Crippen LogP contribution in [0.15, 0.2) is 24.3 Å². The van der Waals surface area contributed by atoms with E-state index in [1.54, 1.807) is 23.9 Å². The van der Waals surface area contributed by atoms with Crippen molar-refractivity contribution in [2.24, 2.45) is 0 Å². The Bertz CT molecular complexity index is 575. The fourth-order valence-corrected chi connectivity index (χ4v) is 3.85. The minimum atomic E-state index is -0.736. The zero-order chi connectivity index (χ0) is 14.9. The number of hydrogen-bond donors (Lipinski definition) is 1. The minimum absolute atomic E-state index is 0.0727. The molecule has 1 aromatic rings. The third-order valence-corrected chi connectivity index (χ3v) is 4.87. The van der Waals surface area contributed by atoms with Gasteiger partial charge in [0.15, 0.2) is 11.6 Å². The van der Waals surface area contributed by atoms with E-state index >= 15 is 0 Å². The first-order valence-corrected chi connectivity index (χ1v) is 7.87. The highest BCUT2D eigenvalue weighted by molar-refractivity contribution is 7.99. The summed E-state index contributed by atoms with van der Waals surface area (Å²) in [7, 11) is 0. The number of carbonyl (C=O) groups is 2. The molecule has 1 unspecified atom stereocenters. The Balaban J connectivity index is 1.59. The molecule has 0 aromatic heterocycles. The number of carbonyl (C=O) groups excluding carboxylic acids is 2. The highest BCUT2D eigenvalue weighted by atomic mass is 32.2. The normalized spacial score (nSPS) is 24.7. The average molecular weight is 310 g/mol. The molecule has 7 heteroatoms. The highest BCUT2D eigenvalue weighted by Gasteiger charge is 2.52. The Kier molecular flexibility index (Phi) is 3.75. The van der Waals surface area contributed by atoms with Crippen LogP contribution >= 0.6 is 11.8 Å². The molecule has 2 aliphatic heterocycles. The van der Waals surface area contributed by atoms with Crippen molar-refractivity contribution in [3.8, 4) is 5.75 Å². The molecule has 0 bridgehead atoms. The van der Waals surface area contributed by atoms with Gasteiger partial charge in [-0.3, -0.25) is 9.69 Å². The lowest BCUT2D eigenvalue weighted by atomic mass is 9.99. The Labute approximate surface area is 125 Å².